The van der Waals surface area contributed by atoms with Crippen LogP contribution in [0.2, 0.25) is 6.32 Å². The summed E-state index contributed by atoms with van der Waals surface area (Å²) in [6, 6.07) is 7.20. The Morgan fingerprint density at radius 3 is 2.27 bits per heavy atom. The topological polar surface area (TPSA) is 9.23 Å². The lowest BCUT2D eigenvalue weighted by Crippen LogP contribution is -2.15. The largest absolute Gasteiger partial charge is 0.494 e. The van der Waals surface area contributed by atoms with Gasteiger partial charge >= 0.3 is 6.98 Å². The van der Waals surface area contributed by atoms with Crippen LogP contribution in [0.1, 0.15) is 6.42 Å². The number of ether oxygens (including phenoxy) is 1. The molecule has 0 aliphatic carbocycles. The van der Waals surface area contributed by atoms with E-state index in [4.69, 9.17) is 4.74 Å². The number of benzene rings is 1. The molecule has 0 amide bonds. The van der Waals surface area contributed by atoms with Gasteiger partial charge in [-0.2, -0.15) is 0 Å². The van der Waals surface area contributed by atoms with Gasteiger partial charge in [0.25, 0.3) is 0 Å². The summed E-state index contributed by atoms with van der Waals surface area (Å²) < 4.78 is 41.8. The van der Waals surface area contributed by atoms with Crippen LogP contribution in [0.3, 0.4) is 0 Å². The van der Waals surface area contributed by atoms with Crippen molar-refractivity contribution in [2.45, 2.75) is 12.7 Å². The van der Waals surface area contributed by atoms with E-state index in [-0.39, 0.29) is 13.0 Å². The van der Waals surface area contributed by atoms with Crippen LogP contribution in [0, 0.1) is 3.57 Å². The molecule has 0 aromatic heterocycles. The highest BCUT2D eigenvalue weighted by atomic mass is 127. The van der Waals surface area contributed by atoms with E-state index in [9.17, 15) is 12.9 Å². The maximum absolute atomic E-state index is 11.8. The van der Waals surface area contributed by atoms with Gasteiger partial charge in [-0.25, -0.2) is 0 Å². The summed E-state index contributed by atoms with van der Waals surface area (Å²) in [6.45, 7) is -4.56. The van der Waals surface area contributed by atoms with Crippen LogP contribution in [0.15, 0.2) is 24.3 Å². The molecule has 0 aliphatic rings. The van der Waals surface area contributed by atoms with Gasteiger partial charge in [0.2, 0.25) is 0 Å². The maximum atomic E-state index is 11.8. The zero-order valence-corrected chi connectivity index (χ0v) is 10.1. The second-order valence-corrected chi connectivity index (χ2v) is 4.40. The van der Waals surface area contributed by atoms with Crippen molar-refractivity contribution in [3.63, 3.8) is 0 Å². The fourth-order valence-electron chi connectivity index (χ4n) is 1.04. The minimum Gasteiger partial charge on any atom is -0.494 e. The van der Waals surface area contributed by atoms with Crippen molar-refractivity contribution in [3.8, 4) is 5.75 Å². The summed E-state index contributed by atoms with van der Waals surface area (Å²) in [6.07, 6.45) is -0.708. The third-order valence-corrected chi connectivity index (χ3v) is 2.48. The van der Waals surface area contributed by atoms with Gasteiger partial charge < -0.3 is 17.7 Å². The van der Waals surface area contributed by atoms with Crippen molar-refractivity contribution in [2.75, 3.05) is 6.61 Å². The molecule has 0 spiro atoms. The number of hydrogen-bond donors (Lipinski definition) is 0. The normalized spacial score (nSPS) is 11.5. The summed E-state index contributed by atoms with van der Waals surface area (Å²) in [5.74, 6) is 0.616. The predicted molar refractivity (Wildman–Crippen MR) is 63.2 cm³/mol. The molecule has 0 radical (unpaired) electrons. The molecular formula is C9H10BF3IO-. The van der Waals surface area contributed by atoms with Crippen LogP contribution in [0.5, 0.6) is 5.75 Å². The van der Waals surface area contributed by atoms with Crippen molar-refractivity contribution < 1.29 is 17.7 Å². The Hall–Kier alpha value is -0.395. The predicted octanol–water partition coefficient (Wildman–Crippen LogP) is 3.91. The summed E-state index contributed by atoms with van der Waals surface area (Å²) >= 11 is 2.15. The smallest absolute Gasteiger partial charge is 0.478 e. The van der Waals surface area contributed by atoms with Gasteiger partial charge in [0.05, 0.1) is 6.61 Å². The highest BCUT2D eigenvalue weighted by Crippen LogP contribution is 2.18. The van der Waals surface area contributed by atoms with Gasteiger partial charge in [0.15, 0.2) is 0 Å². The Kier molecular flexibility index (Phi) is 4.75. The van der Waals surface area contributed by atoms with E-state index in [1.165, 1.54) is 0 Å². The first kappa shape index (κ1) is 12.7. The molecule has 0 heterocycles. The van der Waals surface area contributed by atoms with Crippen molar-refractivity contribution in [1.29, 1.82) is 0 Å². The molecule has 1 rings (SSSR count). The van der Waals surface area contributed by atoms with Gasteiger partial charge in [-0.3, -0.25) is 0 Å². The second kappa shape index (κ2) is 5.62. The highest BCUT2D eigenvalue weighted by molar-refractivity contribution is 14.1. The van der Waals surface area contributed by atoms with Crippen LogP contribution in [0.25, 0.3) is 0 Å². The molecule has 0 fully saturated rings. The van der Waals surface area contributed by atoms with Crippen LogP contribution in [-0.4, -0.2) is 13.6 Å². The molecule has 1 nitrogen and oxygen atoms in total. The fraction of sp³-hybridized carbons (Fsp3) is 0.333. The minimum atomic E-state index is -4.67. The van der Waals surface area contributed by atoms with Crippen LogP contribution >= 0.6 is 22.6 Å². The van der Waals surface area contributed by atoms with Crippen LogP contribution in [-0.2, 0) is 0 Å². The minimum absolute atomic E-state index is 0.0233. The van der Waals surface area contributed by atoms with E-state index >= 15 is 0 Å². The highest BCUT2D eigenvalue weighted by Gasteiger charge is 2.21. The van der Waals surface area contributed by atoms with Gasteiger partial charge in [-0.15, -0.1) is 0 Å². The van der Waals surface area contributed by atoms with E-state index < -0.39 is 13.3 Å². The van der Waals surface area contributed by atoms with Crippen LogP contribution < -0.4 is 4.74 Å². The molecule has 0 N–H and O–H groups in total. The van der Waals surface area contributed by atoms with Gasteiger partial charge in [0, 0.05) is 3.57 Å². The molecule has 0 aliphatic heterocycles. The Morgan fingerprint density at radius 1 is 1.13 bits per heavy atom. The van der Waals surface area contributed by atoms with Gasteiger partial charge in [-0.1, -0.05) is 6.32 Å². The Bertz CT molecular complexity index is 299. The number of rotatable bonds is 5. The van der Waals surface area contributed by atoms with Gasteiger partial charge in [0.1, 0.15) is 5.75 Å². The summed E-state index contributed by atoms with van der Waals surface area (Å²) in [7, 11) is 0. The molecule has 6 heteroatoms. The maximum Gasteiger partial charge on any atom is 0.478 e. The Balaban J connectivity index is 2.23. The van der Waals surface area contributed by atoms with Crippen molar-refractivity contribution in [3.05, 3.63) is 27.8 Å². The Labute approximate surface area is 100 Å². The standard InChI is InChI=1S/C9H10BF3IO/c11-10(12,13)6-1-7-15-9-4-2-8(14)3-5-9/h2-5H,1,6-7H2/q-1. The molecular weight excluding hydrogens is 319 g/mol. The molecule has 1 aromatic carbocycles. The number of halogens is 4. The summed E-state index contributed by atoms with van der Waals surface area (Å²) in [4.78, 5) is 0. The number of hydrogen-bond acceptors (Lipinski definition) is 1. The lowest BCUT2D eigenvalue weighted by atomic mass is 9.85. The van der Waals surface area contributed by atoms with E-state index in [1.54, 1.807) is 12.1 Å². The van der Waals surface area contributed by atoms with E-state index in [2.05, 4.69) is 22.6 Å². The summed E-state index contributed by atoms with van der Waals surface area (Å²) in [5.41, 5.74) is 0. The molecule has 84 valence electrons. The Morgan fingerprint density at radius 2 is 1.73 bits per heavy atom. The molecule has 0 saturated heterocycles. The summed E-state index contributed by atoms with van der Waals surface area (Å²) in [5, 5.41) is 0. The van der Waals surface area contributed by atoms with Crippen molar-refractivity contribution in [1.82, 2.24) is 0 Å². The molecule has 0 atom stereocenters. The SMILES string of the molecule is F[B-](F)(F)CCCOc1ccc(I)cc1. The van der Waals surface area contributed by atoms with Gasteiger partial charge in [-0.05, 0) is 53.3 Å². The zero-order valence-electron chi connectivity index (χ0n) is 7.93. The van der Waals surface area contributed by atoms with Crippen LogP contribution in [0.4, 0.5) is 12.9 Å². The second-order valence-electron chi connectivity index (χ2n) is 3.15. The molecule has 0 bridgehead atoms. The zero-order chi connectivity index (χ0) is 11.3. The first-order valence-electron chi connectivity index (χ1n) is 4.57. The van der Waals surface area contributed by atoms with E-state index in [0.29, 0.717) is 5.75 Å². The average Bonchev–Trinajstić information content (AvgIpc) is 2.14. The monoisotopic (exact) mass is 329 g/mol. The van der Waals surface area contributed by atoms with E-state index in [1.807, 2.05) is 12.1 Å². The first-order chi connectivity index (χ1) is 6.97. The average molecular weight is 329 g/mol. The lowest BCUT2D eigenvalue weighted by molar-refractivity contribution is 0.310. The van der Waals surface area contributed by atoms with Crippen molar-refractivity contribution >= 4 is 29.6 Å². The fourth-order valence-corrected chi connectivity index (χ4v) is 1.40. The van der Waals surface area contributed by atoms with E-state index in [0.717, 1.165) is 3.57 Å². The molecule has 1 aromatic rings. The molecule has 15 heavy (non-hydrogen) atoms. The lowest BCUT2D eigenvalue weighted by Gasteiger charge is -2.13. The molecule has 0 saturated carbocycles. The third-order valence-electron chi connectivity index (χ3n) is 1.76. The first-order valence-corrected chi connectivity index (χ1v) is 5.64. The van der Waals surface area contributed by atoms with Crippen molar-refractivity contribution in [2.24, 2.45) is 0 Å². The molecule has 0 unspecified atom stereocenters. The third kappa shape index (κ3) is 5.91. The quantitative estimate of drug-likeness (QED) is 0.452.